The molecule has 4 heterocycles. The van der Waals surface area contributed by atoms with E-state index in [0.717, 1.165) is 25.7 Å². The summed E-state index contributed by atoms with van der Waals surface area (Å²) in [5.41, 5.74) is 0.269. The van der Waals surface area contributed by atoms with Gasteiger partial charge in [0.25, 0.3) is 0 Å². The van der Waals surface area contributed by atoms with Crippen molar-refractivity contribution in [2.45, 2.75) is 108 Å². The summed E-state index contributed by atoms with van der Waals surface area (Å²) in [7, 11) is -3.81. The lowest BCUT2D eigenvalue weighted by molar-refractivity contribution is -0.206. The maximum Gasteiger partial charge on any atom is 0.413 e. The van der Waals surface area contributed by atoms with Crippen LogP contribution in [0, 0.1) is 0 Å². The van der Waals surface area contributed by atoms with E-state index >= 15 is 0 Å². The fraction of sp³-hybridized carbons (Fsp3) is 0.778. The minimum absolute atomic E-state index is 0.0135. The van der Waals surface area contributed by atoms with Crippen LogP contribution in [0.15, 0.2) is 6.20 Å². The molecule has 1 amide bonds. The second-order valence-electron chi connectivity index (χ2n) is 11.7. The zero-order chi connectivity index (χ0) is 31.9. The predicted octanol–water partition coefficient (Wildman–Crippen LogP) is 4.71. The number of ether oxygens (including phenoxy) is 4. The molecule has 246 valence electrons. The molecule has 15 nitrogen and oxygen atoms in total. The van der Waals surface area contributed by atoms with E-state index < -0.39 is 49.4 Å². The summed E-state index contributed by atoms with van der Waals surface area (Å²) >= 11 is 6.35. The minimum atomic E-state index is -3.81. The average molecular weight is 662 g/mol. The summed E-state index contributed by atoms with van der Waals surface area (Å²) in [5, 5.41) is 23.2. The third-order valence-electron chi connectivity index (χ3n) is 8.21. The summed E-state index contributed by atoms with van der Waals surface area (Å²) in [4.78, 5) is 22.3. The number of hydrogen-bond donors (Lipinski definition) is 2. The zero-order valence-corrected chi connectivity index (χ0v) is 27.2. The van der Waals surface area contributed by atoms with E-state index in [0.29, 0.717) is 5.39 Å². The lowest BCUT2D eigenvalue weighted by Crippen LogP contribution is -2.39. The molecule has 0 radical (unpaired) electrons. The molecule has 0 aromatic carbocycles. The van der Waals surface area contributed by atoms with Crippen molar-refractivity contribution in [3.63, 3.8) is 0 Å². The SMILES string of the molecule is CCOP(=O)(OCC)C(C)(CCO)OC[C@H]1O[C@@H](n2ncc3c(N(C(=O)O)C4CCCC4)nc(Cl)nc32)[C@@H]2OC(C)(C)O[C@@H]21. The molecule has 5 rings (SSSR count). The van der Waals surface area contributed by atoms with Gasteiger partial charge in [-0.2, -0.15) is 15.1 Å². The number of hydrogen-bond acceptors (Lipinski definition) is 12. The molecule has 2 aromatic rings. The Morgan fingerprint density at radius 2 is 1.86 bits per heavy atom. The van der Waals surface area contributed by atoms with Gasteiger partial charge in [-0.05, 0) is 59.1 Å². The highest BCUT2D eigenvalue weighted by atomic mass is 35.5. The van der Waals surface area contributed by atoms with Gasteiger partial charge in [-0.25, -0.2) is 9.48 Å². The first kappa shape index (κ1) is 33.4. The molecule has 3 fully saturated rings. The van der Waals surface area contributed by atoms with Crippen LogP contribution in [0.1, 0.15) is 73.0 Å². The Morgan fingerprint density at radius 1 is 1.20 bits per heavy atom. The maximum absolute atomic E-state index is 13.8. The standard InChI is InChI=1S/C27H41ClN5O10P/c1-6-39-44(37,40-7-2)27(5,12-13-34)38-15-18-19-20(43-26(3,4)42-19)23(41-18)33-22-17(14-29-33)21(30-24(28)31-22)32(25(35)36)16-10-8-9-11-16/h14,16,18-20,23,34H,6-13,15H2,1-5H3,(H,35,36)/t18-,19-,20-,23-,27?/m1/s1. The summed E-state index contributed by atoms with van der Waals surface area (Å²) in [5.74, 6) is -0.814. The highest BCUT2D eigenvalue weighted by Crippen LogP contribution is 2.62. The number of carbonyl (C=O) groups is 1. The smallest absolute Gasteiger partial charge is 0.413 e. The van der Waals surface area contributed by atoms with Crippen LogP contribution in [0.5, 0.6) is 0 Å². The van der Waals surface area contributed by atoms with E-state index in [1.807, 2.05) is 0 Å². The average Bonchev–Trinajstić information content (AvgIpc) is 3.72. The second-order valence-corrected chi connectivity index (χ2v) is 14.5. The molecule has 2 aliphatic heterocycles. The van der Waals surface area contributed by atoms with Crippen LogP contribution in [0.3, 0.4) is 0 Å². The Balaban J connectivity index is 1.47. The molecule has 5 atom stereocenters. The summed E-state index contributed by atoms with van der Waals surface area (Å²) < 4.78 is 51.5. The fourth-order valence-corrected chi connectivity index (χ4v) is 8.30. The molecule has 17 heteroatoms. The van der Waals surface area contributed by atoms with Gasteiger partial charge in [0.15, 0.2) is 28.8 Å². The molecule has 1 saturated carbocycles. The Hall–Kier alpha value is -1.94. The largest absolute Gasteiger partial charge is 0.465 e. The third-order valence-corrected chi connectivity index (χ3v) is 11.1. The van der Waals surface area contributed by atoms with E-state index in [-0.39, 0.29) is 55.6 Å². The molecule has 2 saturated heterocycles. The van der Waals surface area contributed by atoms with Gasteiger partial charge in [0, 0.05) is 19.1 Å². The Kier molecular flexibility index (Phi) is 9.91. The van der Waals surface area contributed by atoms with Crippen molar-refractivity contribution in [3.05, 3.63) is 11.5 Å². The minimum Gasteiger partial charge on any atom is -0.465 e. The number of aliphatic hydroxyl groups excluding tert-OH is 1. The lowest BCUT2D eigenvalue weighted by atomic mass is 10.1. The van der Waals surface area contributed by atoms with E-state index in [1.54, 1.807) is 34.6 Å². The molecule has 2 N–H and O–H groups in total. The predicted molar refractivity (Wildman–Crippen MR) is 158 cm³/mol. The molecular weight excluding hydrogens is 621 g/mol. The topological polar surface area (TPSA) is 177 Å². The summed E-state index contributed by atoms with van der Waals surface area (Å²) in [6.07, 6.45) is 0.736. The lowest BCUT2D eigenvalue weighted by Gasteiger charge is -2.36. The van der Waals surface area contributed by atoms with Gasteiger partial charge in [0.1, 0.15) is 18.3 Å². The first-order valence-corrected chi connectivity index (χ1v) is 16.9. The highest BCUT2D eigenvalue weighted by Gasteiger charge is 2.58. The van der Waals surface area contributed by atoms with E-state index in [2.05, 4.69) is 15.1 Å². The van der Waals surface area contributed by atoms with E-state index in [4.69, 9.17) is 39.6 Å². The number of aromatic nitrogens is 4. The van der Waals surface area contributed by atoms with Gasteiger partial charge >= 0.3 is 13.7 Å². The van der Waals surface area contributed by atoms with Crippen molar-refractivity contribution in [3.8, 4) is 0 Å². The number of halogens is 1. The second kappa shape index (κ2) is 13.0. The summed E-state index contributed by atoms with van der Waals surface area (Å²) in [6.45, 7) is 8.36. The van der Waals surface area contributed by atoms with Crippen LogP contribution < -0.4 is 4.90 Å². The Bertz CT molecular complexity index is 1380. The molecule has 3 aliphatic rings. The van der Waals surface area contributed by atoms with Gasteiger partial charge in [-0.3, -0.25) is 9.46 Å². The molecule has 44 heavy (non-hydrogen) atoms. The fourth-order valence-electron chi connectivity index (χ4n) is 6.23. The molecule has 1 unspecified atom stereocenters. The molecule has 0 bridgehead atoms. The van der Waals surface area contributed by atoms with Crippen molar-refractivity contribution < 1.29 is 47.6 Å². The van der Waals surface area contributed by atoms with Crippen LogP contribution in [-0.2, 0) is 32.6 Å². The van der Waals surface area contributed by atoms with Crippen molar-refractivity contribution >= 4 is 42.1 Å². The molecular formula is C27H41ClN5O10P. The van der Waals surface area contributed by atoms with E-state index in [9.17, 15) is 19.6 Å². The van der Waals surface area contributed by atoms with Crippen LogP contribution in [0.25, 0.3) is 11.0 Å². The van der Waals surface area contributed by atoms with Crippen molar-refractivity contribution in [2.24, 2.45) is 0 Å². The maximum atomic E-state index is 13.8. The summed E-state index contributed by atoms with van der Waals surface area (Å²) in [6, 6.07) is -0.233. The third kappa shape index (κ3) is 6.23. The van der Waals surface area contributed by atoms with Gasteiger partial charge in [-0.15, -0.1) is 0 Å². The number of aliphatic hydroxyl groups is 1. The first-order valence-electron chi connectivity index (χ1n) is 14.9. The van der Waals surface area contributed by atoms with Crippen molar-refractivity contribution in [1.82, 2.24) is 19.7 Å². The van der Waals surface area contributed by atoms with Crippen LogP contribution >= 0.6 is 19.2 Å². The zero-order valence-electron chi connectivity index (χ0n) is 25.5. The normalized spacial score (nSPS) is 26.7. The van der Waals surface area contributed by atoms with Gasteiger partial charge in [0.05, 0.1) is 31.4 Å². The van der Waals surface area contributed by atoms with Crippen molar-refractivity contribution in [2.75, 3.05) is 31.3 Å². The molecule has 0 spiro atoms. The van der Waals surface area contributed by atoms with Crippen LogP contribution in [0.2, 0.25) is 5.28 Å². The first-order chi connectivity index (χ1) is 20.9. The highest BCUT2D eigenvalue weighted by molar-refractivity contribution is 7.55. The number of fused-ring (bicyclic) bond motifs is 2. The van der Waals surface area contributed by atoms with Crippen LogP contribution in [0.4, 0.5) is 10.6 Å². The quantitative estimate of drug-likeness (QED) is 0.223. The molecule has 2 aromatic heterocycles. The Morgan fingerprint density at radius 3 is 2.48 bits per heavy atom. The molecule has 1 aliphatic carbocycles. The monoisotopic (exact) mass is 661 g/mol. The number of anilines is 1. The Labute approximate surface area is 260 Å². The number of carboxylic acid groups (broad SMARTS) is 1. The number of rotatable bonds is 13. The number of nitrogens with zero attached hydrogens (tertiary/aromatic N) is 5. The van der Waals surface area contributed by atoms with Crippen molar-refractivity contribution in [1.29, 1.82) is 0 Å². The van der Waals surface area contributed by atoms with Gasteiger partial charge in [0.2, 0.25) is 5.28 Å². The van der Waals surface area contributed by atoms with Crippen LogP contribution in [-0.4, -0.2) is 98.0 Å². The van der Waals surface area contributed by atoms with E-state index in [1.165, 1.54) is 15.8 Å². The number of amides is 1. The van der Waals surface area contributed by atoms with Gasteiger partial charge < -0.3 is 38.2 Å². The van der Waals surface area contributed by atoms with Gasteiger partial charge in [-0.1, -0.05) is 12.8 Å².